The average molecular weight is 405 g/mol. The van der Waals surface area contributed by atoms with Gasteiger partial charge in [-0.1, -0.05) is 39.5 Å². The van der Waals surface area contributed by atoms with Gasteiger partial charge in [-0.25, -0.2) is 0 Å². The molecule has 2 atom stereocenters. The molecule has 0 spiro atoms. The van der Waals surface area contributed by atoms with E-state index >= 15 is 0 Å². The first-order valence-corrected chi connectivity index (χ1v) is 12.7. The number of carbonyl (C=O) groups excluding carboxylic acids is 2. The number of esters is 1. The molecule has 0 saturated heterocycles. The van der Waals surface area contributed by atoms with E-state index < -0.39 is 5.41 Å². The van der Waals surface area contributed by atoms with Crippen molar-refractivity contribution in [2.75, 3.05) is 6.61 Å². The van der Waals surface area contributed by atoms with Gasteiger partial charge in [-0.15, -0.1) is 0 Å². The second kappa shape index (κ2) is 10.4. The summed E-state index contributed by atoms with van der Waals surface area (Å²) >= 11 is 0. The van der Waals surface area contributed by atoms with Crippen molar-refractivity contribution in [3.05, 3.63) is 0 Å². The van der Waals surface area contributed by atoms with Crippen LogP contribution in [0.4, 0.5) is 0 Å². The highest BCUT2D eigenvalue weighted by Gasteiger charge is 2.47. The van der Waals surface area contributed by atoms with Gasteiger partial charge in [0.25, 0.3) is 0 Å². The number of hydrogen-bond donors (Lipinski definition) is 0. The molecule has 3 saturated carbocycles. The third kappa shape index (κ3) is 5.44. The molecule has 0 aromatic carbocycles. The van der Waals surface area contributed by atoms with Crippen molar-refractivity contribution in [2.24, 2.45) is 35.0 Å². The third-order valence-corrected chi connectivity index (χ3v) is 8.88. The van der Waals surface area contributed by atoms with Gasteiger partial charge >= 0.3 is 5.97 Å². The minimum Gasteiger partial charge on any atom is -0.465 e. The van der Waals surface area contributed by atoms with Gasteiger partial charge in [-0.3, -0.25) is 9.59 Å². The molecule has 0 amide bonds. The fourth-order valence-corrected chi connectivity index (χ4v) is 6.42. The molecule has 0 aliphatic heterocycles. The molecule has 3 fully saturated rings. The molecule has 3 rings (SSSR count). The summed E-state index contributed by atoms with van der Waals surface area (Å²) in [6, 6.07) is 0. The van der Waals surface area contributed by atoms with Gasteiger partial charge in [-0.05, 0) is 94.3 Å². The maximum absolute atomic E-state index is 12.9. The molecule has 0 aromatic heterocycles. The first kappa shape index (κ1) is 22.8. The Kier molecular flexibility index (Phi) is 8.22. The Morgan fingerprint density at radius 2 is 1.45 bits per heavy atom. The predicted molar refractivity (Wildman–Crippen MR) is 118 cm³/mol. The number of Topliss-reactive ketones (excluding diaryl/α,β-unsaturated/α-hetero) is 1. The normalized spacial score (nSPS) is 38.6. The van der Waals surface area contributed by atoms with E-state index in [1.54, 1.807) is 0 Å². The van der Waals surface area contributed by atoms with Crippen molar-refractivity contribution < 1.29 is 14.3 Å². The Labute approximate surface area is 178 Å². The van der Waals surface area contributed by atoms with Crippen molar-refractivity contribution in [3.63, 3.8) is 0 Å². The highest BCUT2D eigenvalue weighted by atomic mass is 16.5. The molecule has 3 heteroatoms. The lowest BCUT2D eigenvalue weighted by molar-refractivity contribution is -0.162. The standard InChI is InChI=1S/C26H44O3/c1-4-6-17-29-25(28)26(3)16-15-23(18-24(26)27)22-13-11-21(12-14-22)20-9-7-19(5-2)8-10-20/h19-23H,4-18H2,1-3H3/t19?,20?,21?,22?,23?,26-/m0/s1. The number of ketones is 1. The van der Waals surface area contributed by atoms with E-state index in [0.29, 0.717) is 31.3 Å². The summed E-state index contributed by atoms with van der Waals surface area (Å²) in [5.74, 6) is 3.93. The molecule has 29 heavy (non-hydrogen) atoms. The molecule has 0 radical (unpaired) electrons. The SMILES string of the molecule is CCCCOC(=O)[C@@]1(C)CCC(C2CCC(C3CCC(CC)CC3)CC2)CC1=O. The predicted octanol–water partition coefficient (Wildman–Crippen LogP) is 6.73. The number of ether oxygens (including phenoxy) is 1. The fraction of sp³-hybridized carbons (Fsp3) is 0.923. The first-order chi connectivity index (χ1) is 14.0. The molecule has 3 nitrogen and oxygen atoms in total. The molecule has 1 unspecified atom stereocenters. The zero-order valence-electron chi connectivity index (χ0n) is 19.2. The maximum atomic E-state index is 12.9. The van der Waals surface area contributed by atoms with E-state index in [0.717, 1.165) is 37.0 Å². The van der Waals surface area contributed by atoms with Gasteiger partial charge in [0.15, 0.2) is 0 Å². The summed E-state index contributed by atoms with van der Waals surface area (Å²) in [7, 11) is 0. The summed E-state index contributed by atoms with van der Waals surface area (Å²) < 4.78 is 5.41. The van der Waals surface area contributed by atoms with Crippen LogP contribution in [0.25, 0.3) is 0 Å². The van der Waals surface area contributed by atoms with Gasteiger partial charge in [0.2, 0.25) is 0 Å². The number of unbranched alkanes of at least 4 members (excludes halogenated alkanes) is 1. The van der Waals surface area contributed by atoms with Crippen molar-refractivity contribution in [3.8, 4) is 0 Å². The van der Waals surface area contributed by atoms with Crippen LogP contribution in [0.15, 0.2) is 0 Å². The Balaban J connectivity index is 1.44. The van der Waals surface area contributed by atoms with Crippen LogP contribution in [-0.2, 0) is 14.3 Å². The summed E-state index contributed by atoms with van der Waals surface area (Å²) in [4.78, 5) is 25.4. The van der Waals surface area contributed by atoms with Crippen molar-refractivity contribution in [2.45, 2.75) is 111 Å². The van der Waals surface area contributed by atoms with E-state index in [1.807, 2.05) is 6.92 Å². The minimum atomic E-state index is -0.890. The van der Waals surface area contributed by atoms with Gasteiger partial charge in [0.05, 0.1) is 6.61 Å². The molecule has 0 aromatic rings. The number of rotatable bonds is 7. The molecule has 3 aliphatic carbocycles. The minimum absolute atomic E-state index is 0.134. The van der Waals surface area contributed by atoms with Gasteiger partial charge < -0.3 is 4.74 Å². The molecule has 0 N–H and O–H groups in total. The Morgan fingerprint density at radius 1 is 0.897 bits per heavy atom. The van der Waals surface area contributed by atoms with Crippen LogP contribution in [0.5, 0.6) is 0 Å². The van der Waals surface area contributed by atoms with Crippen LogP contribution in [0.2, 0.25) is 0 Å². The Morgan fingerprint density at radius 3 is 1.97 bits per heavy atom. The molecule has 166 valence electrons. The monoisotopic (exact) mass is 404 g/mol. The van der Waals surface area contributed by atoms with E-state index in [9.17, 15) is 9.59 Å². The summed E-state index contributed by atoms with van der Waals surface area (Å²) in [6.45, 7) is 6.70. The van der Waals surface area contributed by atoms with Gasteiger partial charge in [-0.2, -0.15) is 0 Å². The highest BCUT2D eigenvalue weighted by molar-refractivity contribution is 6.04. The quantitative estimate of drug-likeness (QED) is 0.268. The Bertz CT molecular complexity index is 540. The van der Waals surface area contributed by atoms with E-state index in [2.05, 4.69) is 13.8 Å². The largest absolute Gasteiger partial charge is 0.465 e. The van der Waals surface area contributed by atoms with Crippen LogP contribution in [-0.4, -0.2) is 18.4 Å². The highest BCUT2D eigenvalue weighted by Crippen LogP contribution is 2.47. The fourth-order valence-electron chi connectivity index (χ4n) is 6.42. The van der Waals surface area contributed by atoms with E-state index in [4.69, 9.17) is 4.74 Å². The summed E-state index contributed by atoms with van der Waals surface area (Å²) in [6.07, 6.45) is 16.7. The van der Waals surface area contributed by atoms with Crippen LogP contribution in [0, 0.1) is 35.0 Å². The lowest BCUT2D eigenvalue weighted by Gasteiger charge is -2.42. The molecule has 3 aliphatic rings. The van der Waals surface area contributed by atoms with Crippen molar-refractivity contribution >= 4 is 11.8 Å². The van der Waals surface area contributed by atoms with Crippen molar-refractivity contribution in [1.29, 1.82) is 0 Å². The molecule has 0 bridgehead atoms. The summed E-state index contributed by atoms with van der Waals surface area (Å²) in [5, 5.41) is 0. The molecular formula is C26H44O3. The van der Waals surface area contributed by atoms with E-state index in [1.165, 1.54) is 57.8 Å². The van der Waals surface area contributed by atoms with E-state index in [-0.39, 0.29) is 11.8 Å². The van der Waals surface area contributed by atoms with Crippen LogP contribution in [0.3, 0.4) is 0 Å². The van der Waals surface area contributed by atoms with Gasteiger partial charge in [0.1, 0.15) is 11.2 Å². The molecule has 0 heterocycles. The smallest absolute Gasteiger partial charge is 0.319 e. The topological polar surface area (TPSA) is 43.4 Å². The second-order valence-electron chi connectivity index (χ2n) is 10.6. The van der Waals surface area contributed by atoms with Crippen LogP contribution >= 0.6 is 0 Å². The van der Waals surface area contributed by atoms with Crippen molar-refractivity contribution in [1.82, 2.24) is 0 Å². The van der Waals surface area contributed by atoms with Crippen LogP contribution in [0.1, 0.15) is 111 Å². The summed E-state index contributed by atoms with van der Waals surface area (Å²) in [5.41, 5.74) is -0.890. The average Bonchev–Trinajstić information content (AvgIpc) is 2.76. The number of hydrogen-bond acceptors (Lipinski definition) is 3. The molecular weight excluding hydrogens is 360 g/mol. The third-order valence-electron chi connectivity index (χ3n) is 8.88. The maximum Gasteiger partial charge on any atom is 0.319 e. The zero-order chi connectivity index (χ0) is 20.9. The lowest BCUT2D eigenvalue weighted by atomic mass is 9.62. The zero-order valence-corrected chi connectivity index (χ0v) is 19.2. The van der Waals surface area contributed by atoms with Gasteiger partial charge in [0, 0.05) is 6.42 Å². The number of carbonyl (C=O) groups is 2. The lowest BCUT2D eigenvalue weighted by Crippen LogP contribution is -2.44. The Hall–Kier alpha value is -0.860. The second-order valence-corrected chi connectivity index (χ2v) is 10.6. The van der Waals surface area contributed by atoms with Crippen LogP contribution < -0.4 is 0 Å². The first-order valence-electron chi connectivity index (χ1n) is 12.7.